The highest BCUT2D eigenvalue weighted by atomic mass is 16.5. The average molecular weight is 217 g/mol. The minimum Gasteiger partial charge on any atom is -0.393 e. The third-order valence-electron chi connectivity index (χ3n) is 2.80. The average Bonchev–Trinajstić information content (AvgIpc) is 2.75. The molecule has 1 aliphatic carbocycles. The Morgan fingerprint density at radius 2 is 2.19 bits per heavy atom. The zero-order chi connectivity index (χ0) is 11.0. The second-order valence-electron chi connectivity index (χ2n) is 3.99. The summed E-state index contributed by atoms with van der Waals surface area (Å²) in [5.41, 5.74) is 0.706. The lowest BCUT2D eigenvalue weighted by molar-refractivity contribution is 0.0625. The first-order valence-electron chi connectivity index (χ1n) is 5.26. The Hall–Kier alpha value is -1.75. The van der Waals surface area contributed by atoms with E-state index in [1.165, 1.54) is 0 Å². The largest absolute Gasteiger partial charge is 0.393 e. The minimum atomic E-state index is -0.213. The number of aliphatic hydroxyl groups is 1. The molecule has 5 heteroatoms. The molecule has 0 radical (unpaired) electrons. The van der Waals surface area contributed by atoms with Gasteiger partial charge >= 0.3 is 0 Å². The summed E-state index contributed by atoms with van der Waals surface area (Å²) in [7, 11) is 0. The molecule has 2 aromatic heterocycles. The predicted octanol–water partition coefficient (Wildman–Crippen LogP) is 1.37. The zero-order valence-electron chi connectivity index (χ0n) is 8.58. The van der Waals surface area contributed by atoms with Gasteiger partial charge in [-0.25, -0.2) is 0 Å². The highest BCUT2D eigenvalue weighted by molar-refractivity contribution is 5.47. The Labute approximate surface area is 92.1 Å². The summed E-state index contributed by atoms with van der Waals surface area (Å²) in [5.74, 6) is 1.32. The van der Waals surface area contributed by atoms with Crippen molar-refractivity contribution < 1.29 is 9.63 Å². The number of hydrogen-bond donors (Lipinski definition) is 1. The topological polar surface area (TPSA) is 72.0 Å². The van der Waals surface area contributed by atoms with Gasteiger partial charge in [-0.15, -0.1) is 0 Å². The van der Waals surface area contributed by atoms with Crippen molar-refractivity contribution in [2.24, 2.45) is 0 Å². The van der Waals surface area contributed by atoms with Crippen molar-refractivity contribution in [1.29, 1.82) is 0 Å². The third-order valence-corrected chi connectivity index (χ3v) is 2.80. The van der Waals surface area contributed by atoms with E-state index in [0.29, 0.717) is 30.3 Å². The van der Waals surface area contributed by atoms with Gasteiger partial charge in [0.15, 0.2) is 0 Å². The molecule has 1 N–H and O–H groups in total. The minimum absolute atomic E-state index is 0.208. The molecule has 0 aliphatic heterocycles. The van der Waals surface area contributed by atoms with E-state index < -0.39 is 0 Å². The molecule has 0 bridgehead atoms. The lowest BCUT2D eigenvalue weighted by Crippen LogP contribution is -2.26. The van der Waals surface area contributed by atoms with Crippen molar-refractivity contribution >= 4 is 0 Å². The summed E-state index contributed by atoms with van der Waals surface area (Å²) in [6.07, 6.45) is 2.90. The Kier molecular flexibility index (Phi) is 2.18. The van der Waals surface area contributed by atoms with E-state index in [0.717, 1.165) is 0 Å². The summed E-state index contributed by atoms with van der Waals surface area (Å²) in [6, 6.07) is 5.56. The quantitative estimate of drug-likeness (QED) is 0.822. The predicted molar refractivity (Wildman–Crippen MR) is 55.5 cm³/mol. The van der Waals surface area contributed by atoms with Gasteiger partial charge in [-0.3, -0.25) is 4.98 Å². The first-order chi connectivity index (χ1) is 7.83. The molecule has 3 rings (SSSR count). The smallest absolute Gasteiger partial charge is 0.230 e. The molecule has 2 heterocycles. The van der Waals surface area contributed by atoms with Gasteiger partial charge < -0.3 is 9.63 Å². The van der Waals surface area contributed by atoms with Crippen molar-refractivity contribution in [2.75, 3.05) is 0 Å². The lowest BCUT2D eigenvalue weighted by atomic mass is 9.82. The fraction of sp³-hybridized carbons (Fsp3) is 0.364. The number of hydrogen-bond acceptors (Lipinski definition) is 5. The van der Waals surface area contributed by atoms with Crippen molar-refractivity contribution in [1.82, 2.24) is 15.1 Å². The van der Waals surface area contributed by atoms with Crippen LogP contribution < -0.4 is 0 Å². The van der Waals surface area contributed by atoms with Gasteiger partial charge in [0.25, 0.3) is 0 Å². The molecule has 1 aliphatic rings. The maximum atomic E-state index is 9.20. The van der Waals surface area contributed by atoms with Crippen molar-refractivity contribution in [3.8, 4) is 11.5 Å². The molecule has 0 saturated heterocycles. The van der Waals surface area contributed by atoms with Crippen LogP contribution in [0, 0.1) is 0 Å². The maximum Gasteiger partial charge on any atom is 0.230 e. The number of rotatable bonds is 2. The molecular formula is C11H11N3O2. The van der Waals surface area contributed by atoms with E-state index >= 15 is 0 Å². The van der Waals surface area contributed by atoms with Crippen LogP contribution >= 0.6 is 0 Å². The Balaban J connectivity index is 1.83. The Morgan fingerprint density at radius 1 is 1.31 bits per heavy atom. The van der Waals surface area contributed by atoms with Gasteiger partial charge in [-0.05, 0) is 25.0 Å². The Bertz CT molecular complexity index is 477. The van der Waals surface area contributed by atoms with Crippen molar-refractivity contribution in [3.05, 3.63) is 30.3 Å². The molecule has 1 saturated carbocycles. The summed E-state index contributed by atoms with van der Waals surface area (Å²) >= 11 is 0. The van der Waals surface area contributed by atoms with Crippen LogP contribution in [0.2, 0.25) is 0 Å². The van der Waals surface area contributed by atoms with Crippen LogP contribution in [0.5, 0.6) is 0 Å². The van der Waals surface area contributed by atoms with Crippen LogP contribution in [0.25, 0.3) is 11.5 Å². The van der Waals surface area contributed by atoms with E-state index in [2.05, 4.69) is 15.1 Å². The van der Waals surface area contributed by atoms with Gasteiger partial charge in [0, 0.05) is 12.1 Å². The molecule has 2 aromatic rings. The fourth-order valence-electron chi connectivity index (χ4n) is 1.79. The van der Waals surface area contributed by atoms with Crippen molar-refractivity contribution in [2.45, 2.75) is 24.9 Å². The zero-order valence-corrected chi connectivity index (χ0v) is 8.58. The summed E-state index contributed by atoms with van der Waals surface area (Å²) < 4.78 is 5.16. The Morgan fingerprint density at radius 3 is 2.88 bits per heavy atom. The van der Waals surface area contributed by atoms with Crippen LogP contribution in [0.3, 0.4) is 0 Å². The van der Waals surface area contributed by atoms with Gasteiger partial charge in [0.1, 0.15) is 5.69 Å². The molecular weight excluding hydrogens is 206 g/mol. The molecule has 16 heavy (non-hydrogen) atoms. The summed E-state index contributed by atoms with van der Waals surface area (Å²) in [4.78, 5) is 8.43. The van der Waals surface area contributed by atoms with Crippen LogP contribution in [-0.4, -0.2) is 26.3 Å². The molecule has 0 amide bonds. The molecule has 0 unspecified atom stereocenters. The van der Waals surface area contributed by atoms with Gasteiger partial charge in [-0.2, -0.15) is 4.98 Å². The molecule has 0 spiro atoms. The number of nitrogens with zero attached hydrogens (tertiary/aromatic N) is 3. The molecule has 0 atom stereocenters. The molecule has 1 fully saturated rings. The first kappa shape index (κ1) is 9.47. The van der Waals surface area contributed by atoms with E-state index in [4.69, 9.17) is 4.52 Å². The molecule has 5 nitrogen and oxygen atoms in total. The van der Waals surface area contributed by atoms with Crippen LogP contribution in [-0.2, 0) is 0 Å². The summed E-state index contributed by atoms with van der Waals surface area (Å²) in [5, 5.41) is 13.1. The normalized spacial score (nSPS) is 24.1. The third kappa shape index (κ3) is 1.59. The highest BCUT2D eigenvalue weighted by Gasteiger charge is 2.33. The molecule has 0 aromatic carbocycles. The van der Waals surface area contributed by atoms with E-state index in [-0.39, 0.29) is 12.0 Å². The monoisotopic (exact) mass is 217 g/mol. The lowest BCUT2D eigenvalue weighted by Gasteiger charge is -2.27. The standard InChI is InChI=1S/C11H11N3O2/c15-8-5-7(6-8)11-13-10(14-16-11)9-3-1-2-4-12-9/h1-4,7-8,15H,5-6H2. The van der Waals surface area contributed by atoms with Crippen LogP contribution in [0.4, 0.5) is 0 Å². The number of aliphatic hydroxyl groups excluding tert-OH is 1. The van der Waals surface area contributed by atoms with E-state index in [1.807, 2.05) is 18.2 Å². The van der Waals surface area contributed by atoms with Gasteiger partial charge in [0.05, 0.1) is 6.10 Å². The maximum absolute atomic E-state index is 9.20. The second kappa shape index (κ2) is 3.68. The number of pyridine rings is 1. The van der Waals surface area contributed by atoms with E-state index in [9.17, 15) is 5.11 Å². The van der Waals surface area contributed by atoms with Crippen LogP contribution in [0.15, 0.2) is 28.9 Å². The fourth-order valence-corrected chi connectivity index (χ4v) is 1.79. The van der Waals surface area contributed by atoms with Crippen molar-refractivity contribution in [3.63, 3.8) is 0 Å². The number of aromatic nitrogens is 3. The first-order valence-corrected chi connectivity index (χ1v) is 5.26. The van der Waals surface area contributed by atoms with Crippen LogP contribution in [0.1, 0.15) is 24.7 Å². The SMILES string of the molecule is OC1CC(c2nc(-c3ccccn3)no2)C1. The highest BCUT2D eigenvalue weighted by Crippen LogP contribution is 2.36. The van der Waals surface area contributed by atoms with Gasteiger partial charge in [0.2, 0.25) is 11.7 Å². The van der Waals surface area contributed by atoms with Gasteiger partial charge in [-0.1, -0.05) is 11.2 Å². The second-order valence-corrected chi connectivity index (χ2v) is 3.99. The summed E-state index contributed by atoms with van der Waals surface area (Å²) in [6.45, 7) is 0. The molecule has 82 valence electrons. The van der Waals surface area contributed by atoms with E-state index in [1.54, 1.807) is 6.20 Å².